The molecule has 0 spiro atoms. The first-order valence-corrected chi connectivity index (χ1v) is 8.83. The van der Waals surface area contributed by atoms with E-state index in [4.69, 9.17) is 4.52 Å². The van der Waals surface area contributed by atoms with Gasteiger partial charge in [-0.2, -0.15) is 0 Å². The van der Waals surface area contributed by atoms with Gasteiger partial charge in [-0.15, -0.1) is 0 Å². The molecule has 0 aliphatic heterocycles. The lowest BCUT2D eigenvalue weighted by Gasteiger charge is -2.22. The van der Waals surface area contributed by atoms with Crippen molar-refractivity contribution in [3.63, 3.8) is 0 Å². The monoisotopic (exact) mass is 344 g/mol. The lowest BCUT2D eigenvalue weighted by Crippen LogP contribution is -2.88. The van der Waals surface area contributed by atoms with Crippen molar-refractivity contribution in [1.82, 2.24) is 5.16 Å². The SMILES string of the molecule is Cc1cc(NC(=O)C[NH2+][C@H](c2ccc(C(C)(C)C)cc2)C(C)C)no1. The zero-order valence-corrected chi connectivity index (χ0v) is 16.1. The number of aryl methyl sites for hydroxylation is 1. The molecular formula is C20H30N3O2+. The van der Waals surface area contributed by atoms with Gasteiger partial charge >= 0.3 is 0 Å². The van der Waals surface area contributed by atoms with E-state index in [0.717, 1.165) is 0 Å². The Balaban J connectivity index is 1.99. The van der Waals surface area contributed by atoms with Crippen LogP contribution in [-0.4, -0.2) is 17.6 Å². The number of amides is 1. The standard InChI is InChI=1S/C20H29N3O2/c1-13(2)19(15-7-9-16(10-8-15)20(4,5)6)21-12-18(24)22-17-11-14(3)25-23-17/h7-11,13,19,21H,12H2,1-6H3,(H,22,23,24)/p+1/t19-/m0/s1. The molecule has 1 aromatic carbocycles. The van der Waals surface area contributed by atoms with Crippen molar-refractivity contribution < 1.29 is 14.6 Å². The van der Waals surface area contributed by atoms with Crippen molar-refractivity contribution in [3.8, 4) is 0 Å². The van der Waals surface area contributed by atoms with E-state index in [9.17, 15) is 4.79 Å². The lowest BCUT2D eigenvalue weighted by molar-refractivity contribution is -0.692. The molecule has 0 aliphatic carbocycles. The summed E-state index contributed by atoms with van der Waals surface area (Å²) in [6.07, 6.45) is 0. The third kappa shape index (κ3) is 5.43. The minimum Gasteiger partial charge on any atom is -0.360 e. The Labute approximate surface area is 150 Å². The number of aromatic nitrogens is 1. The lowest BCUT2D eigenvalue weighted by atomic mass is 9.85. The predicted octanol–water partition coefficient (Wildman–Crippen LogP) is 3.18. The molecular weight excluding hydrogens is 314 g/mol. The number of carbonyl (C=O) groups is 1. The van der Waals surface area contributed by atoms with Gasteiger partial charge in [0, 0.05) is 17.5 Å². The van der Waals surface area contributed by atoms with Crippen molar-refractivity contribution >= 4 is 11.7 Å². The molecule has 0 saturated heterocycles. The Hall–Kier alpha value is -2.14. The number of nitrogens with zero attached hydrogens (tertiary/aromatic N) is 1. The normalized spacial score (nSPS) is 13.1. The summed E-state index contributed by atoms with van der Waals surface area (Å²) in [5.74, 6) is 1.48. The molecule has 0 fully saturated rings. The zero-order valence-electron chi connectivity index (χ0n) is 16.1. The second-order valence-electron chi connectivity index (χ2n) is 7.95. The zero-order chi connectivity index (χ0) is 18.6. The van der Waals surface area contributed by atoms with Crippen molar-refractivity contribution in [3.05, 3.63) is 47.2 Å². The van der Waals surface area contributed by atoms with E-state index in [2.05, 4.69) is 74.7 Å². The van der Waals surface area contributed by atoms with E-state index in [0.29, 0.717) is 24.0 Å². The molecule has 0 aliphatic rings. The van der Waals surface area contributed by atoms with E-state index in [1.165, 1.54) is 11.1 Å². The van der Waals surface area contributed by atoms with Crippen LogP contribution in [0.5, 0.6) is 0 Å². The number of rotatable bonds is 6. The fraction of sp³-hybridized carbons (Fsp3) is 0.500. The van der Waals surface area contributed by atoms with E-state index in [1.54, 1.807) is 13.0 Å². The van der Waals surface area contributed by atoms with E-state index >= 15 is 0 Å². The molecule has 25 heavy (non-hydrogen) atoms. The van der Waals surface area contributed by atoms with Crippen LogP contribution in [0.2, 0.25) is 0 Å². The second-order valence-corrected chi connectivity index (χ2v) is 7.95. The molecule has 136 valence electrons. The van der Waals surface area contributed by atoms with E-state index < -0.39 is 0 Å². The molecule has 1 amide bonds. The summed E-state index contributed by atoms with van der Waals surface area (Å²) in [5.41, 5.74) is 2.71. The van der Waals surface area contributed by atoms with Crippen LogP contribution in [0.15, 0.2) is 34.9 Å². The average molecular weight is 344 g/mol. The van der Waals surface area contributed by atoms with E-state index in [1.807, 2.05) is 0 Å². The number of hydrogen-bond donors (Lipinski definition) is 2. The average Bonchev–Trinajstić information content (AvgIpc) is 2.91. The maximum Gasteiger partial charge on any atom is 0.280 e. The molecule has 2 aromatic rings. The minimum atomic E-state index is -0.0785. The van der Waals surface area contributed by atoms with Crippen LogP contribution in [0, 0.1) is 12.8 Å². The molecule has 5 heteroatoms. The molecule has 0 bridgehead atoms. The van der Waals surface area contributed by atoms with Gasteiger partial charge in [0.05, 0.1) is 0 Å². The predicted molar refractivity (Wildman–Crippen MR) is 99.4 cm³/mol. The number of anilines is 1. The Morgan fingerprint density at radius 3 is 2.36 bits per heavy atom. The van der Waals surface area contributed by atoms with Gasteiger partial charge in [-0.05, 0) is 17.9 Å². The van der Waals surface area contributed by atoms with Crippen LogP contribution < -0.4 is 10.6 Å². The summed E-state index contributed by atoms with van der Waals surface area (Å²) in [5, 5.41) is 8.63. The van der Waals surface area contributed by atoms with Crippen LogP contribution in [0.25, 0.3) is 0 Å². The Morgan fingerprint density at radius 1 is 1.24 bits per heavy atom. The Morgan fingerprint density at radius 2 is 1.88 bits per heavy atom. The van der Waals surface area contributed by atoms with Gasteiger partial charge < -0.3 is 15.2 Å². The van der Waals surface area contributed by atoms with Crippen molar-refractivity contribution in [2.24, 2.45) is 5.92 Å². The first kappa shape index (κ1) is 19.2. The molecule has 0 unspecified atom stereocenters. The number of carbonyl (C=O) groups excluding carboxylic acids is 1. The van der Waals surface area contributed by atoms with E-state index in [-0.39, 0.29) is 17.4 Å². The molecule has 3 N–H and O–H groups in total. The number of quaternary nitrogens is 1. The maximum absolute atomic E-state index is 12.1. The van der Waals surface area contributed by atoms with Gasteiger partial charge in [-0.1, -0.05) is 64.0 Å². The number of hydrogen-bond acceptors (Lipinski definition) is 3. The highest BCUT2D eigenvalue weighted by Crippen LogP contribution is 2.25. The molecule has 0 saturated carbocycles. The Kier molecular flexibility index (Phi) is 6.01. The number of nitrogens with two attached hydrogens (primary N) is 1. The van der Waals surface area contributed by atoms with Gasteiger partial charge in [0.15, 0.2) is 12.4 Å². The highest BCUT2D eigenvalue weighted by molar-refractivity contribution is 5.90. The summed E-state index contributed by atoms with van der Waals surface area (Å²) >= 11 is 0. The summed E-state index contributed by atoms with van der Waals surface area (Å²) in [6, 6.07) is 10.7. The molecule has 1 aromatic heterocycles. The topological polar surface area (TPSA) is 71.7 Å². The molecule has 2 rings (SSSR count). The van der Waals surface area contributed by atoms with Crippen molar-refractivity contribution in [1.29, 1.82) is 0 Å². The van der Waals surface area contributed by atoms with Gasteiger partial charge in [0.25, 0.3) is 5.91 Å². The van der Waals surface area contributed by atoms with Crippen LogP contribution in [0.1, 0.15) is 57.5 Å². The first-order chi connectivity index (χ1) is 11.7. The summed E-state index contributed by atoms with van der Waals surface area (Å²) < 4.78 is 4.96. The fourth-order valence-electron chi connectivity index (χ4n) is 2.85. The molecule has 5 nitrogen and oxygen atoms in total. The maximum atomic E-state index is 12.1. The van der Waals surface area contributed by atoms with Crippen LogP contribution in [0.4, 0.5) is 5.82 Å². The number of nitrogens with one attached hydrogen (secondary N) is 1. The van der Waals surface area contributed by atoms with Crippen molar-refractivity contribution in [2.45, 2.75) is 53.0 Å². The Bertz CT molecular complexity index is 696. The van der Waals surface area contributed by atoms with Gasteiger partial charge in [0.1, 0.15) is 11.8 Å². The van der Waals surface area contributed by atoms with Crippen LogP contribution in [-0.2, 0) is 10.2 Å². The van der Waals surface area contributed by atoms with Crippen molar-refractivity contribution in [2.75, 3.05) is 11.9 Å². The molecule has 0 radical (unpaired) electrons. The van der Waals surface area contributed by atoms with Gasteiger partial charge in [-0.25, -0.2) is 0 Å². The van der Waals surface area contributed by atoms with Gasteiger partial charge in [-0.3, -0.25) is 4.79 Å². The van der Waals surface area contributed by atoms with Crippen LogP contribution >= 0.6 is 0 Å². The minimum absolute atomic E-state index is 0.0785. The third-order valence-electron chi connectivity index (χ3n) is 4.33. The number of benzene rings is 1. The summed E-state index contributed by atoms with van der Waals surface area (Å²) in [6.45, 7) is 13.1. The highest BCUT2D eigenvalue weighted by Gasteiger charge is 2.22. The third-order valence-corrected chi connectivity index (χ3v) is 4.33. The van der Waals surface area contributed by atoms with Gasteiger partial charge in [0.2, 0.25) is 0 Å². The largest absolute Gasteiger partial charge is 0.360 e. The first-order valence-electron chi connectivity index (χ1n) is 8.83. The smallest absolute Gasteiger partial charge is 0.280 e. The fourth-order valence-corrected chi connectivity index (χ4v) is 2.85. The molecule has 1 atom stereocenters. The highest BCUT2D eigenvalue weighted by atomic mass is 16.5. The summed E-state index contributed by atoms with van der Waals surface area (Å²) in [4.78, 5) is 12.1. The summed E-state index contributed by atoms with van der Waals surface area (Å²) in [7, 11) is 0. The quantitative estimate of drug-likeness (QED) is 0.845. The second kappa shape index (κ2) is 7.83. The van der Waals surface area contributed by atoms with Crippen LogP contribution in [0.3, 0.4) is 0 Å². The molecule has 1 heterocycles.